The van der Waals surface area contributed by atoms with Crippen LogP contribution in [0, 0.1) is 5.92 Å². The van der Waals surface area contributed by atoms with E-state index in [1.807, 2.05) is 0 Å². The maximum Gasteiger partial charge on any atom is 0.00608 e. The van der Waals surface area contributed by atoms with Gasteiger partial charge >= 0.3 is 0 Å². The van der Waals surface area contributed by atoms with Crippen LogP contribution >= 0.6 is 11.8 Å². The molecule has 84 valence electrons. The molecule has 1 fully saturated rings. The standard InChI is InChI=1S/C12H25NS/c1-3-7-13-8-9-14-12-6-4-5-11(2)10-12/h11-13H,3-10H2,1-2H3. The molecule has 1 N–H and O–H groups in total. The Kier molecular flexibility index (Phi) is 6.70. The molecule has 1 nitrogen and oxygen atoms in total. The molecule has 0 aromatic rings. The van der Waals surface area contributed by atoms with Crippen LogP contribution < -0.4 is 5.32 Å². The first-order valence-electron chi connectivity index (χ1n) is 6.15. The Hall–Kier alpha value is 0.310. The highest BCUT2D eigenvalue weighted by Gasteiger charge is 2.18. The van der Waals surface area contributed by atoms with Crippen molar-refractivity contribution in [1.29, 1.82) is 0 Å². The predicted octanol–water partition coefficient (Wildman–Crippen LogP) is 3.30. The number of hydrogen-bond acceptors (Lipinski definition) is 2. The minimum absolute atomic E-state index is 0.960. The average Bonchev–Trinajstić information content (AvgIpc) is 2.18. The van der Waals surface area contributed by atoms with E-state index in [4.69, 9.17) is 0 Å². The summed E-state index contributed by atoms with van der Waals surface area (Å²) in [6.45, 7) is 7.01. The van der Waals surface area contributed by atoms with E-state index in [2.05, 4.69) is 30.9 Å². The van der Waals surface area contributed by atoms with Crippen LogP contribution in [-0.4, -0.2) is 24.1 Å². The molecule has 0 aromatic heterocycles. The van der Waals surface area contributed by atoms with Crippen LogP contribution in [0.4, 0.5) is 0 Å². The summed E-state index contributed by atoms with van der Waals surface area (Å²) in [4.78, 5) is 0. The maximum atomic E-state index is 3.47. The van der Waals surface area contributed by atoms with Gasteiger partial charge in [0.15, 0.2) is 0 Å². The van der Waals surface area contributed by atoms with Gasteiger partial charge in [-0.2, -0.15) is 11.8 Å². The predicted molar refractivity (Wildman–Crippen MR) is 67.0 cm³/mol. The van der Waals surface area contributed by atoms with E-state index in [0.717, 1.165) is 11.2 Å². The van der Waals surface area contributed by atoms with Crippen molar-refractivity contribution in [3.05, 3.63) is 0 Å². The molecule has 0 spiro atoms. The zero-order valence-corrected chi connectivity index (χ0v) is 10.5. The Labute approximate surface area is 93.4 Å². The normalized spacial score (nSPS) is 27.9. The Morgan fingerprint density at radius 3 is 2.86 bits per heavy atom. The molecular weight excluding hydrogens is 190 g/mol. The Bertz CT molecular complexity index is 138. The summed E-state index contributed by atoms with van der Waals surface area (Å²) in [5.41, 5.74) is 0. The number of rotatable bonds is 6. The smallest absolute Gasteiger partial charge is 0.00608 e. The molecule has 0 amide bonds. The first kappa shape index (κ1) is 12.4. The second-order valence-corrected chi connectivity index (χ2v) is 5.92. The molecule has 1 rings (SSSR count). The van der Waals surface area contributed by atoms with Gasteiger partial charge in [0.25, 0.3) is 0 Å². The highest BCUT2D eigenvalue weighted by atomic mass is 32.2. The summed E-state index contributed by atoms with van der Waals surface area (Å²) in [7, 11) is 0. The van der Waals surface area contributed by atoms with Gasteiger partial charge in [0, 0.05) is 17.5 Å². The summed E-state index contributed by atoms with van der Waals surface area (Å²) in [6.07, 6.45) is 7.10. The van der Waals surface area contributed by atoms with Crippen LogP contribution in [0.15, 0.2) is 0 Å². The van der Waals surface area contributed by atoms with Crippen LogP contribution in [0.2, 0.25) is 0 Å². The van der Waals surface area contributed by atoms with Crippen molar-refractivity contribution in [3.63, 3.8) is 0 Å². The SMILES string of the molecule is CCCNCCSC1CCCC(C)C1. The van der Waals surface area contributed by atoms with Crippen LogP contribution in [-0.2, 0) is 0 Å². The molecule has 1 aliphatic rings. The molecule has 0 aliphatic heterocycles. The molecular formula is C12H25NS. The van der Waals surface area contributed by atoms with Gasteiger partial charge in [-0.3, -0.25) is 0 Å². The molecule has 0 aromatic carbocycles. The van der Waals surface area contributed by atoms with Crippen molar-refractivity contribution in [3.8, 4) is 0 Å². The lowest BCUT2D eigenvalue weighted by molar-refractivity contribution is 0.394. The molecule has 1 saturated carbocycles. The fourth-order valence-corrected chi connectivity index (χ4v) is 3.52. The Balaban J connectivity index is 1.95. The Morgan fingerprint density at radius 2 is 2.14 bits per heavy atom. The van der Waals surface area contributed by atoms with Crippen molar-refractivity contribution >= 4 is 11.8 Å². The minimum Gasteiger partial charge on any atom is -0.316 e. The topological polar surface area (TPSA) is 12.0 Å². The summed E-state index contributed by atoms with van der Waals surface area (Å²) in [5.74, 6) is 2.28. The van der Waals surface area contributed by atoms with Gasteiger partial charge in [-0.05, 0) is 31.7 Å². The molecule has 2 heteroatoms. The van der Waals surface area contributed by atoms with Gasteiger partial charge in [0.05, 0.1) is 0 Å². The molecule has 0 bridgehead atoms. The molecule has 2 atom stereocenters. The minimum atomic E-state index is 0.960. The molecule has 0 radical (unpaired) electrons. The van der Waals surface area contributed by atoms with Crippen molar-refractivity contribution < 1.29 is 0 Å². The van der Waals surface area contributed by atoms with Crippen LogP contribution in [0.5, 0.6) is 0 Å². The van der Waals surface area contributed by atoms with Gasteiger partial charge < -0.3 is 5.32 Å². The van der Waals surface area contributed by atoms with Crippen LogP contribution in [0.1, 0.15) is 46.0 Å². The zero-order valence-electron chi connectivity index (χ0n) is 9.72. The molecule has 2 unspecified atom stereocenters. The summed E-state index contributed by atoms with van der Waals surface area (Å²) in [5, 5.41) is 4.43. The second kappa shape index (κ2) is 7.58. The van der Waals surface area contributed by atoms with Crippen LogP contribution in [0.25, 0.3) is 0 Å². The van der Waals surface area contributed by atoms with E-state index in [-0.39, 0.29) is 0 Å². The van der Waals surface area contributed by atoms with E-state index < -0.39 is 0 Å². The van der Waals surface area contributed by atoms with E-state index in [0.29, 0.717) is 0 Å². The molecule has 0 saturated heterocycles. The highest BCUT2D eigenvalue weighted by molar-refractivity contribution is 7.99. The van der Waals surface area contributed by atoms with Crippen molar-refractivity contribution in [2.24, 2.45) is 5.92 Å². The summed E-state index contributed by atoms with van der Waals surface area (Å²) >= 11 is 2.19. The highest BCUT2D eigenvalue weighted by Crippen LogP contribution is 2.31. The van der Waals surface area contributed by atoms with Gasteiger partial charge in [0.1, 0.15) is 0 Å². The zero-order chi connectivity index (χ0) is 10.2. The fraction of sp³-hybridized carbons (Fsp3) is 1.00. The molecule has 0 heterocycles. The largest absolute Gasteiger partial charge is 0.316 e. The third-order valence-corrected chi connectivity index (χ3v) is 4.29. The van der Waals surface area contributed by atoms with Gasteiger partial charge in [0.2, 0.25) is 0 Å². The third kappa shape index (κ3) is 5.26. The van der Waals surface area contributed by atoms with Gasteiger partial charge in [-0.1, -0.05) is 26.7 Å². The quantitative estimate of drug-likeness (QED) is 0.682. The lowest BCUT2D eigenvalue weighted by Gasteiger charge is -2.26. The summed E-state index contributed by atoms with van der Waals surface area (Å²) in [6, 6.07) is 0. The lowest BCUT2D eigenvalue weighted by atomic mass is 9.91. The molecule has 14 heavy (non-hydrogen) atoms. The Morgan fingerprint density at radius 1 is 1.29 bits per heavy atom. The van der Waals surface area contributed by atoms with E-state index in [9.17, 15) is 0 Å². The third-order valence-electron chi connectivity index (χ3n) is 2.95. The first-order chi connectivity index (χ1) is 6.83. The second-order valence-electron chi connectivity index (χ2n) is 4.51. The average molecular weight is 215 g/mol. The summed E-state index contributed by atoms with van der Waals surface area (Å²) < 4.78 is 0. The monoisotopic (exact) mass is 215 g/mol. The number of nitrogens with one attached hydrogen (secondary N) is 1. The van der Waals surface area contributed by atoms with Gasteiger partial charge in [-0.15, -0.1) is 0 Å². The first-order valence-corrected chi connectivity index (χ1v) is 7.20. The van der Waals surface area contributed by atoms with Crippen molar-refractivity contribution in [2.75, 3.05) is 18.8 Å². The van der Waals surface area contributed by atoms with Crippen molar-refractivity contribution in [2.45, 2.75) is 51.2 Å². The van der Waals surface area contributed by atoms with E-state index in [1.165, 1.54) is 50.9 Å². The number of hydrogen-bond donors (Lipinski definition) is 1. The van der Waals surface area contributed by atoms with E-state index >= 15 is 0 Å². The van der Waals surface area contributed by atoms with Crippen LogP contribution in [0.3, 0.4) is 0 Å². The van der Waals surface area contributed by atoms with Crippen molar-refractivity contribution in [1.82, 2.24) is 5.32 Å². The lowest BCUT2D eigenvalue weighted by Crippen LogP contribution is -2.21. The number of thioether (sulfide) groups is 1. The fourth-order valence-electron chi connectivity index (χ4n) is 2.13. The van der Waals surface area contributed by atoms with Gasteiger partial charge in [-0.25, -0.2) is 0 Å². The molecule has 1 aliphatic carbocycles. The maximum absolute atomic E-state index is 3.47. The van der Waals surface area contributed by atoms with E-state index in [1.54, 1.807) is 0 Å².